The molecule has 0 unspecified atom stereocenters. The molecule has 0 radical (unpaired) electrons. The van der Waals surface area contributed by atoms with E-state index in [2.05, 4.69) is 41.5 Å². The number of hydrogen-bond acceptors (Lipinski definition) is 4. The van der Waals surface area contributed by atoms with Gasteiger partial charge in [-0.25, -0.2) is 0 Å². The fourth-order valence-electron chi connectivity index (χ4n) is 2.29. The first kappa shape index (κ1) is 14.6. The van der Waals surface area contributed by atoms with Gasteiger partial charge < -0.3 is 9.73 Å². The van der Waals surface area contributed by atoms with Crippen LogP contribution in [-0.2, 0) is 6.54 Å². The van der Waals surface area contributed by atoms with E-state index in [0.717, 1.165) is 11.3 Å². The van der Waals surface area contributed by atoms with Crippen molar-refractivity contribution in [2.45, 2.75) is 20.4 Å². The lowest BCUT2D eigenvalue weighted by Gasteiger charge is -2.10. The third kappa shape index (κ3) is 3.12. The minimum absolute atomic E-state index is 0.492. The summed E-state index contributed by atoms with van der Waals surface area (Å²) in [4.78, 5) is 0. The van der Waals surface area contributed by atoms with Gasteiger partial charge in [-0.2, -0.15) is 0 Å². The zero-order chi connectivity index (χ0) is 15.5. The summed E-state index contributed by atoms with van der Waals surface area (Å²) < 4.78 is 5.68. The molecule has 4 nitrogen and oxygen atoms in total. The molecule has 0 aliphatic rings. The van der Waals surface area contributed by atoms with Crippen LogP contribution in [0, 0.1) is 13.8 Å². The maximum Gasteiger partial charge on any atom is 0.247 e. The van der Waals surface area contributed by atoms with Crippen molar-refractivity contribution in [2.24, 2.45) is 0 Å². The lowest BCUT2D eigenvalue weighted by atomic mass is 10.1. The predicted octanol–water partition coefficient (Wildman–Crippen LogP) is 4.62. The second kappa shape index (κ2) is 6.20. The summed E-state index contributed by atoms with van der Waals surface area (Å²) in [6.07, 6.45) is 0. The Hall–Kier alpha value is -2.33. The highest BCUT2D eigenvalue weighted by Crippen LogP contribution is 2.22. The van der Waals surface area contributed by atoms with E-state index in [9.17, 15) is 0 Å². The fraction of sp³-hybridized carbons (Fsp3) is 0.176. The molecule has 0 atom stereocenters. The monoisotopic (exact) mass is 313 g/mol. The highest BCUT2D eigenvalue weighted by atomic mass is 35.5. The van der Waals surface area contributed by atoms with Crippen molar-refractivity contribution >= 4 is 17.3 Å². The van der Waals surface area contributed by atoms with Crippen molar-refractivity contribution in [1.29, 1.82) is 0 Å². The lowest BCUT2D eigenvalue weighted by molar-refractivity contribution is 0.515. The maximum atomic E-state index is 5.87. The van der Waals surface area contributed by atoms with Gasteiger partial charge in [0.05, 0.1) is 6.54 Å². The summed E-state index contributed by atoms with van der Waals surface area (Å²) >= 11 is 5.87. The van der Waals surface area contributed by atoms with Crippen LogP contribution in [0.15, 0.2) is 46.9 Å². The number of benzene rings is 2. The summed E-state index contributed by atoms with van der Waals surface area (Å²) in [5.74, 6) is 1.04. The van der Waals surface area contributed by atoms with Gasteiger partial charge in [0.1, 0.15) is 0 Å². The van der Waals surface area contributed by atoms with Gasteiger partial charge in [-0.15, -0.1) is 10.2 Å². The molecule has 3 aromatic rings. The number of anilines is 1. The van der Waals surface area contributed by atoms with Gasteiger partial charge in [0, 0.05) is 16.3 Å². The van der Waals surface area contributed by atoms with Crippen LogP contribution in [-0.4, -0.2) is 10.2 Å². The van der Waals surface area contributed by atoms with Crippen molar-refractivity contribution in [3.05, 3.63) is 64.5 Å². The zero-order valence-corrected chi connectivity index (χ0v) is 13.2. The van der Waals surface area contributed by atoms with Crippen LogP contribution in [0.25, 0.3) is 11.5 Å². The van der Waals surface area contributed by atoms with Crippen LogP contribution in [0.5, 0.6) is 0 Å². The molecule has 1 heterocycles. The van der Waals surface area contributed by atoms with Gasteiger partial charge in [0.2, 0.25) is 11.8 Å². The summed E-state index contributed by atoms with van der Waals surface area (Å²) in [5.41, 5.74) is 4.35. The number of hydrogen-bond donors (Lipinski definition) is 1. The highest BCUT2D eigenvalue weighted by molar-refractivity contribution is 6.30. The Morgan fingerprint density at radius 1 is 1.00 bits per heavy atom. The van der Waals surface area contributed by atoms with E-state index in [1.54, 1.807) is 12.1 Å². The minimum atomic E-state index is 0.492. The topological polar surface area (TPSA) is 51.0 Å². The molecule has 3 rings (SSSR count). The van der Waals surface area contributed by atoms with Crippen molar-refractivity contribution in [2.75, 3.05) is 5.32 Å². The van der Waals surface area contributed by atoms with E-state index in [4.69, 9.17) is 16.0 Å². The van der Waals surface area contributed by atoms with Crippen LogP contribution in [0.4, 0.5) is 5.69 Å². The van der Waals surface area contributed by atoms with Crippen molar-refractivity contribution in [3.63, 3.8) is 0 Å². The van der Waals surface area contributed by atoms with Gasteiger partial charge in [0.15, 0.2) is 0 Å². The molecule has 0 spiro atoms. The molecule has 0 saturated heterocycles. The summed E-state index contributed by atoms with van der Waals surface area (Å²) in [6, 6.07) is 13.5. The van der Waals surface area contributed by atoms with Gasteiger partial charge >= 0.3 is 0 Å². The quantitative estimate of drug-likeness (QED) is 0.763. The summed E-state index contributed by atoms with van der Waals surface area (Å²) in [6.45, 7) is 4.64. The molecule has 112 valence electrons. The largest absolute Gasteiger partial charge is 0.419 e. The summed E-state index contributed by atoms with van der Waals surface area (Å²) in [7, 11) is 0. The molecule has 0 fully saturated rings. The average molecular weight is 314 g/mol. The number of nitrogens with one attached hydrogen (secondary N) is 1. The Kier molecular flexibility index (Phi) is 4.11. The van der Waals surface area contributed by atoms with E-state index in [1.807, 2.05) is 18.2 Å². The van der Waals surface area contributed by atoms with E-state index in [0.29, 0.717) is 23.3 Å². The molecule has 0 aliphatic carbocycles. The Morgan fingerprint density at radius 3 is 2.36 bits per heavy atom. The zero-order valence-electron chi connectivity index (χ0n) is 12.4. The van der Waals surface area contributed by atoms with Gasteiger partial charge in [-0.3, -0.25) is 0 Å². The minimum Gasteiger partial charge on any atom is -0.419 e. The number of aryl methyl sites for hydroxylation is 2. The second-order valence-corrected chi connectivity index (χ2v) is 5.56. The Labute approximate surface area is 134 Å². The standard InChI is InChI=1S/C17H16ClN3O/c1-11-4-3-5-12(2)16(11)19-10-15-20-21-17(22-15)13-6-8-14(18)9-7-13/h3-9,19H,10H2,1-2H3. The molecule has 0 saturated carbocycles. The molecule has 2 aromatic carbocycles. The highest BCUT2D eigenvalue weighted by Gasteiger charge is 2.09. The lowest BCUT2D eigenvalue weighted by Crippen LogP contribution is -2.03. The average Bonchev–Trinajstić information content (AvgIpc) is 2.96. The SMILES string of the molecule is Cc1cccc(C)c1NCc1nnc(-c2ccc(Cl)cc2)o1. The smallest absolute Gasteiger partial charge is 0.247 e. The number of para-hydroxylation sites is 1. The third-order valence-corrected chi connectivity index (χ3v) is 3.71. The molecule has 0 aliphatic heterocycles. The van der Waals surface area contributed by atoms with Crippen molar-refractivity contribution in [1.82, 2.24) is 10.2 Å². The summed E-state index contributed by atoms with van der Waals surface area (Å²) in [5, 5.41) is 12.2. The fourth-order valence-corrected chi connectivity index (χ4v) is 2.42. The number of nitrogens with zero attached hydrogens (tertiary/aromatic N) is 2. The molecule has 1 aromatic heterocycles. The van der Waals surface area contributed by atoms with Gasteiger partial charge in [-0.05, 0) is 49.2 Å². The van der Waals surface area contributed by atoms with Crippen molar-refractivity contribution in [3.8, 4) is 11.5 Å². The molecule has 22 heavy (non-hydrogen) atoms. The Bertz CT molecular complexity index is 761. The van der Waals surface area contributed by atoms with Crippen molar-refractivity contribution < 1.29 is 4.42 Å². The maximum absolute atomic E-state index is 5.87. The second-order valence-electron chi connectivity index (χ2n) is 5.13. The molecule has 1 N–H and O–H groups in total. The third-order valence-electron chi connectivity index (χ3n) is 3.46. The van der Waals surface area contributed by atoms with Gasteiger partial charge in [0.25, 0.3) is 0 Å². The number of aromatic nitrogens is 2. The first-order valence-electron chi connectivity index (χ1n) is 7.02. The van der Waals surface area contributed by atoms with E-state index < -0.39 is 0 Å². The van der Waals surface area contributed by atoms with Crippen LogP contribution in [0.3, 0.4) is 0 Å². The van der Waals surface area contributed by atoms with Crippen LogP contribution in [0.2, 0.25) is 5.02 Å². The predicted molar refractivity (Wildman–Crippen MR) is 88.0 cm³/mol. The Morgan fingerprint density at radius 2 is 1.68 bits per heavy atom. The molecule has 5 heteroatoms. The van der Waals surface area contributed by atoms with E-state index >= 15 is 0 Å². The molecule has 0 bridgehead atoms. The Balaban J connectivity index is 1.73. The first-order chi connectivity index (χ1) is 10.6. The molecular formula is C17H16ClN3O. The van der Waals surface area contributed by atoms with Crippen LogP contribution >= 0.6 is 11.6 Å². The normalized spacial score (nSPS) is 10.7. The number of rotatable bonds is 4. The molecule has 0 amide bonds. The molecular weight excluding hydrogens is 298 g/mol. The number of halogens is 1. The first-order valence-corrected chi connectivity index (χ1v) is 7.39. The van der Waals surface area contributed by atoms with Crippen LogP contribution < -0.4 is 5.32 Å². The van der Waals surface area contributed by atoms with Crippen LogP contribution in [0.1, 0.15) is 17.0 Å². The van der Waals surface area contributed by atoms with E-state index in [-0.39, 0.29) is 0 Å². The van der Waals surface area contributed by atoms with Gasteiger partial charge in [-0.1, -0.05) is 29.8 Å². The van der Waals surface area contributed by atoms with E-state index in [1.165, 1.54) is 11.1 Å².